The van der Waals surface area contributed by atoms with Crippen LogP contribution in [0.3, 0.4) is 0 Å². The van der Waals surface area contributed by atoms with E-state index in [9.17, 15) is 9.18 Å². The molecule has 2 saturated heterocycles. The maximum Gasteiger partial charge on any atom is 0.229 e. The number of piperidine rings is 2. The van der Waals surface area contributed by atoms with E-state index in [1.54, 1.807) is 6.07 Å². The van der Waals surface area contributed by atoms with Crippen molar-refractivity contribution in [1.82, 2.24) is 4.90 Å². The van der Waals surface area contributed by atoms with Gasteiger partial charge < -0.3 is 15.0 Å². The predicted molar refractivity (Wildman–Crippen MR) is 151 cm³/mol. The molecule has 2 aromatic carbocycles. The summed E-state index contributed by atoms with van der Waals surface area (Å²) in [5.74, 6) is 0.136. The van der Waals surface area contributed by atoms with Gasteiger partial charge in [0.2, 0.25) is 5.91 Å². The predicted octanol–water partition coefficient (Wildman–Crippen LogP) is 6.43. The number of benzene rings is 2. The quantitative estimate of drug-likeness (QED) is 0.333. The number of anilines is 1. The summed E-state index contributed by atoms with van der Waals surface area (Å²) in [7, 11) is 0. The van der Waals surface area contributed by atoms with Crippen LogP contribution >= 0.6 is 12.4 Å². The average Bonchev–Trinajstić information content (AvgIpc) is 2.86. The van der Waals surface area contributed by atoms with E-state index in [4.69, 9.17) is 5.21 Å². The van der Waals surface area contributed by atoms with Crippen molar-refractivity contribution in [3.05, 3.63) is 70.5 Å². The maximum atomic E-state index is 14.3. The molecule has 200 valence electrons. The zero-order valence-electron chi connectivity index (χ0n) is 22.1. The summed E-state index contributed by atoms with van der Waals surface area (Å²) >= 11 is 0. The van der Waals surface area contributed by atoms with Crippen LogP contribution in [0.15, 0.2) is 47.6 Å². The van der Waals surface area contributed by atoms with Crippen molar-refractivity contribution in [2.75, 3.05) is 31.1 Å². The lowest BCUT2D eigenvalue weighted by atomic mass is 9.84. The first kappa shape index (κ1) is 28.9. The second-order valence-electron chi connectivity index (χ2n) is 10.4. The fourth-order valence-corrected chi connectivity index (χ4v) is 5.74. The number of halogens is 2. The Balaban J connectivity index is 0.00000380. The molecule has 0 bridgehead atoms. The molecule has 5 nitrogen and oxygen atoms in total. The number of carbonyl (C=O) groups is 1. The van der Waals surface area contributed by atoms with Gasteiger partial charge in [0.15, 0.2) is 0 Å². The van der Waals surface area contributed by atoms with Crippen LogP contribution in [0.25, 0.3) is 6.08 Å². The van der Waals surface area contributed by atoms with Crippen LogP contribution in [0.2, 0.25) is 0 Å². The first-order valence-electron chi connectivity index (χ1n) is 13.1. The Morgan fingerprint density at radius 1 is 1.14 bits per heavy atom. The molecule has 2 aliphatic rings. The molecule has 0 radical (unpaired) electrons. The highest BCUT2D eigenvalue weighted by Crippen LogP contribution is 2.34. The van der Waals surface area contributed by atoms with Crippen molar-refractivity contribution < 1.29 is 14.4 Å². The molecule has 37 heavy (non-hydrogen) atoms. The molecule has 0 aliphatic carbocycles. The van der Waals surface area contributed by atoms with Gasteiger partial charge in [-0.25, -0.2) is 4.39 Å². The van der Waals surface area contributed by atoms with Gasteiger partial charge in [-0.05, 0) is 79.5 Å². The molecule has 0 saturated carbocycles. The molecule has 2 heterocycles. The summed E-state index contributed by atoms with van der Waals surface area (Å²) in [5.41, 5.74) is 5.94. The van der Waals surface area contributed by atoms with Gasteiger partial charge in [0, 0.05) is 50.6 Å². The van der Waals surface area contributed by atoms with Gasteiger partial charge in [0.05, 0.1) is 5.71 Å². The normalized spacial score (nSPS) is 20.8. The van der Waals surface area contributed by atoms with Gasteiger partial charge in [-0.2, -0.15) is 0 Å². The van der Waals surface area contributed by atoms with E-state index in [0.717, 1.165) is 79.0 Å². The van der Waals surface area contributed by atoms with Gasteiger partial charge in [-0.1, -0.05) is 42.4 Å². The molecule has 0 aromatic heterocycles. The fourth-order valence-electron chi connectivity index (χ4n) is 5.74. The first-order valence-corrected chi connectivity index (χ1v) is 13.1. The van der Waals surface area contributed by atoms with Crippen molar-refractivity contribution in [3.63, 3.8) is 0 Å². The fraction of sp³-hybridized carbons (Fsp3) is 0.467. The van der Waals surface area contributed by atoms with Crippen LogP contribution in [0.4, 0.5) is 10.1 Å². The highest BCUT2D eigenvalue weighted by atomic mass is 35.5. The van der Waals surface area contributed by atoms with E-state index >= 15 is 0 Å². The molecule has 1 amide bonds. The van der Waals surface area contributed by atoms with Gasteiger partial charge in [-0.3, -0.25) is 4.79 Å². The zero-order valence-corrected chi connectivity index (χ0v) is 22.9. The smallest absolute Gasteiger partial charge is 0.229 e. The van der Waals surface area contributed by atoms with Crippen LogP contribution in [-0.2, 0) is 11.2 Å². The topological polar surface area (TPSA) is 56.1 Å². The monoisotopic (exact) mass is 527 g/mol. The minimum atomic E-state index is -0.166. The van der Waals surface area contributed by atoms with Crippen molar-refractivity contribution >= 4 is 35.8 Å². The molecule has 2 aliphatic heterocycles. The van der Waals surface area contributed by atoms with Gasteiger partial charge in [0.25, 0.3) is 0 Å². The molecule has 7 heteroatoms. The third-order valence-corrected chi connectivity index (χ3v) is 7.56. The maximum absolute atomic E-state index is 14.3. The number of amides is 1. The molecule has 0 unspecified atom stereocenters. The summed E-state index contributed by atoms with van der Waals surface area (Å²) in [4.78, 5) is 17.5. The zero-order chi connectivity index (χ0) is 25.7. The van der Waals surface area contributed by atoms with Crippen LogP contribution < -0.4 is 4.90 Å². The highest BCUT2D eigenvalue weighted by molar-refractivity contribution is 5.97. The molecule has 1 N–H and O–H groups in total. The lowest BCUT2D eigenvalue weighted by Gasteiger charge is -2.38. The molecule has 2 atom stereocenters. The van der Waals surface area contributed by atoms with Crippen molar-refractivity contribution in [2.24, 2.45) is 17.0 Å². The molecule has 4 rings (SSSR count). The summed E-state index contributed by atoms with van der Waals surface area (Å²) in [6, 6.07) is 11.3. The largest absolute Gasteiger partial charge is 0.411 e. The lowest BCUT2D eigenvalue weighted by Crippen LogP contribution is -2.46. The Morgan fingerprint density at radius 2 is 1.81 bits per heavy atom. The van der Waals surface area contributed by atoms with E-state index in [0.29, 0.717) is 13.0 Å². The van der Waals surface area contributed by atoms with E-state index in [2.05, 4.69) is 48.2 Å². The Morgan fingerprint density at radius 3 is 2.46 bits per heavy atom. The van der Waals surface area contributed by atoms with E-state index in [-0.39, 0.29) is 36.0 Å². The number of oxime groups is 1. The second kappa shape index (κ2) is 13.2. The minimum absolute atomic E-state index is 0. The van der Waals surface area contributed by atoms with Crippen molar-refractivity contribution in [3.8, 4) is 0 Å². The molecule has 2 fully saturated rings. The van der Waals surface area contributed by atoms with Gasteiger partial charge >= 0.3 is 0 Å². The minimum Gasteiger partial charge on any atom is -0.411 e. The van der Waals surface area contributed by atoms with Crippen molar-refractivity contribution in [2.45, 2.75) is 52.9 Å². The first-order chi connectivity index (χ1) is 17.4. The Labute approximate surface area is 226 Å². The summed E-state index contributed by atoms with van der Waals surface area (Å²) in [6.07, 6.45) is 8.45. The molecular weight excluding hydrogens is 489 g/mol. The van der Waals surface area contributed by atoms with E-state index in [1.807, 2.05) is 24.0 Å². The number of hydrogen-bond donors (Lipinski definition) is 1. The van der Waals surface area contributed by atoms with Crippen LogP contribution in [0.1, 0.15) is 54.9 Å². The van der Waals surface area contributed by atoms with Gasteiger partial charge in [-0.15, -0.1) is 12.4 Å². The van der Waals surface area contributed by atoms with Crippen LogP contribution in [0.5, 0.6) is 0 Å². The third-order valence-electron chi connectivity index (χ3n) is 7.56. The van der Waals surface area contributed by atoms with Gasteiger partial charge in [0.1, 0.15) is 5.82 Å². The molecular formula is C30H39ClFN3O2. The van der Waals surface area contributed by atoms with E-state index in [1.165, 1.54) is 6.07 Å². The lowest BCUT2D eigenvalue weighted by molar-refractivity contribution is -0.124. The summed E-state index contributed by atoms with van der Waals surface area (Å²) in [6.45, 7) is 9.64. The molecule has 2 aromatic rings. The second-order valence-corrected chi connectivity index (χ2v) is 10.4. The average molecular weight is 528 g/mol. The van der Waals surface area contributed by atoms with Crippen LogP contribution in [-0.4, -0.2) is 47.9 Å². The molecule has 0 spiro atoms. The number of aryl methyl sites for hydroxylation is 2. The number of nitrogens with zero attached hydrogens (tertiary/aromatic N) is 3. The Bertz CT molecular complexity index is 1120. The number of hydrogen-bond acceptors (Lipinski definition) is 4. The highest BCUT2D eigenvalue weighted by Gasteiger charge is 2.34. The van der Waals surface area contributed by atoms with E-state index < -0.39 is 0 Å². The summed E-state index contributed by atoms with van der Waals surface area (Å²) in [5, 5.41) is 12.2. The Hall–Kier alpha value is -2.70. The number of likely N-dealkylation sites (tertiary alicyclic amines) is 1. The van der Waals surface area contributed by atoms with Crippen molar-refractivity contribution in [1.29, 1.82) is 0 Å². The number of carbonyl (C=O) groups excluding carboxylic acids is 1. The number of rotatable bonds is 7. The SMILES string of the molecule is Cc1cc(/C=C/CCN2CCC(=NO)CC2)cc(C)c1N1C[C@@H](Cc2ccccc2F)C[C@@H](C)C1=O.Cl. The standard InChI is InChI=1S/C30H38FN3O2.ClH/c1-21-16-24(8-6-7-13-33-14-11-27(32-36)12-15-33)17-22(2)29(21)34-20-25(18-23(3)30(34)35)19-26-9-4-5-10-28(26)31;/h4-6,8-10,16-17,23,25,36H,7,11-15,18-20H2,1-3H3;1H/b8-6+;/t23-,25-;/m1./s1. The Kier molecular flexibility index (Phi) is 10.3. The summed E-state index contributed by atoms with van der Waals surface area (Å²) < 4.78 is 14.3. The van der Waals surface area contributed by atoms with Crippen LogP contribution in [0, 0.1) is 31.5 Å². The third kappa shape index (κ3) is 7.20.